The van der Waals surface area contributed by atoms with E-state index >= 15 is 0 Å². The van der Waals surface area contributed by atoms with Gasteiger partial charge in [-0.05, 0) is 20.8 Å². The summed E-state index contributed by atoms with van der Waals surface area (Å²) in [5, 5.41) is 12.1. The van der Waals surface area contributed by atoms with Crippen LogP contribution in [0.5, 0.6) is 0 Å². The van der Waals surface area contributed by atoms with E-state index in [2.05, 4.69) is 15.5 Å². The first kappa shape index (κ1) is 15.6. The lowest BCUT2D eigenvalue weighted by atomic mass is 10.2. The van der Waals surface area contributed by atoms with Crippen LogP contribution in [-0.2, 0) is 11.3 Å². The van der Waals surface area contributed by atoms with E-state index in [-0.39, 0.29) is 11.9 Å². The monoisotopic (exact) mass is 304 g/mol. The molecule has 21 heavy (non-hydrogen) atoms. The summed E-state index contributed by atoms with van der Waals surface area (Å²) in [7, 11) is 0. The van der Waals surface area contributed by atoms with Crippen molar-refractivity contribution < 1.29 is 4.79 Å². The lowest BCUT2D eigenvalue weighted by molar-refractivity contribution is -0.119. The van der Waals surface area contributed by atoms with Crippen LogP contribution in [-0.4, -0.2) is 32.5 Å². The van der Waals surface area contributed by atoms with E-state index in [4.69, 9.17) is 0 Å². The fourth-order valence-electron chi connectivity index (χ4n) is 1.98. The van der Waals surface area contributed by atoms with Crippen LogP contribution in [0.25, 0.3) is 11.4 Å². The van der Waals surface area contributed by atoms with Gasteiger partial charge in [0.1, 0.15) is 0 Å². The Balaban J connectivity index is 2.11. The third-order valence-electron chi connectivity index (χ3n) is 2.85. The molecule has 2 aromatic rings. The highest BCUT2D eigenvalue weighted by atomic mass is 32.2. The zero-order valence-electron chi connectivity index (χ0n) is 12.5. The van der Waals surface area contributed by atoms with Crippen LogP contribution in [0.15, 0.2) is 35.5 Å². The van der Waals surface area contributed by atoms with Crippen molar-refractivity contribution in [1.82, 2.24) is 20.1 Å². The maximum absolute atomic E-state index is 11.7. The first-order chi connectivity index (χ1) is 10.1. The second-order valence-corrected chi connectivity index (χ2v) is 5.87. The van der Waals surface area contributed by atoms with Crippen molar-refractivity contribution >= 4 is 17.7 Å². The van der Waals surface area contributed by atoms with Crippen LogP contribution in [0.2, 0.25) is 0 Å². The second kappa shape index (κ2) is 7.26. The molecule has 6 heteroatoms. The fraction of sp³-hybridized carbons (Fsp3) is 0.400. The van der Waals surface area contributed by atoms with E-state index < -0.39 is 0 Å². The fourth-order valence-corrected chi connectivity index (χ4v) is 2.79. The summed E-state index contributed by atoms with van der Waals surface area (Å²) in [5.41, 5.74) is 1.03. The zero-order valence-corrected chi connectivity index (χ0v) is 13.4. The van der Waals surface area contributed by atoms with Crippen molar-refractivity contribution in [2.45, 2.75) is 38.5 Å². The minimum absolute atomic E-state index is 0.0157. The van der Waals surface area contributed by atoms with E-state index in [1.807, 2.05) is 55.7 Å². The number of aromatic nitrogens is 3. The number of hydrogen-bond acceptors (Lipinski definition) is 4. The Labute approximate surface area is 129 Å². The Morgan fingerprint density at radius 2 is 2.00 bits per heavy atom. The highest BCUT2D eigenvalue weighted by Crippen LogP contribution is 2.23. The first-order valence-corrected chi connectivity index (χ1v) is 8.01. The molecule has 0 saturated heterocycles. The molecule has 5 nitrogen and oxygen atoms in total. The summed E-state index contributed by atoms with van der Waals surface area (Å²) in [6, 6.07) is 10.1. The number of carbonyl (C=O) groups excluding carboxylic acids is 1. The minimum Gasteiger partial charge on any atom is -0.353 e. The van der Waals surface area contributed by atoms with E-state index in [1.54, 1.807) is 0 Å². The van der Waals surface area contributed by atoms with Crippen molar-refractivity contribution in [3.63, 3.8) is 0 Å². The maximum atomic E-state index is 11.7. The van der Waals surface area contributed by atoms with Gasteiger partial charge in [-0.3, -0.25) is 4.79 Å². The average molecular weight is 304 g/mol. The van der Waals surface area contributed by atoms with Crippen molar-refractivity contribution in [2.24, 2.45) is 0 Å². The van der Waals surface area contributed by atoms with Crippen molar-refractivity contribution in [3.8, 4) is 11.4 Å². The van der Waals surface area contributed by atoms with Gasteiger partial charge in [0.05, 0.1) is 5.75 Å². The minimum atomic E-state index is 0.0157. The van der Waals surface area contributed by atoms with Crippen molar-refractivity contribution in [2.75, 3.05) is 5.75 Å². The molecule has 0 bridgehead atoms. The third-order valence-corrected chi connectivity index (χ3v) is 3.81. The molecule has 0 radical (unpaired) electrons. The summed E-state index contributed by atoms with van der Waals surface area (Å²) in [5.74, 6) is 1.21. The molecule has 0 atom stereocenters. The molecule has 1 N–H and O–H groups in total. The Morgan fingerprint density at radius 3 is 2.62 bits per heavy atom. The van der Waals surface area contributed by atoms with Crippen LogP contribution in [0, 0.1) is 0 Å². The molecule has 0 aliphatic heterocycles. The average Bonchev–Trinajstić information content (AvgIpc) is 2.88. The molecule has 1 aromatic carbocycles. The molecule has 0 aliphatic carbocycles. The SMILES string of the molecule is CCn1c(SCC(=O)NC(C)C)nnc1-c1ccccc1. The normalized spacial score (nSPS) is 10.9. The molecule has 112 valence electrons. The molecule has 2 rings (SSSR count). The van der Waals surface area contributed by atoms with Gasteiger partial charge in [0.2, 0.25) is 5.91 Å². The topological polar surface area (TPSA) is 59.8 Å². The molecule has 0 aliphatic rings. The first-order valence-electron chi connectivity index (χ1n) is 7.02. The molecule has 0 saturated carbocycles. The summed E-state index contributed by atoms with van der Waals surface area (Å²) in [6.45, 7) is 6.72. The summed E-state index contributed by atoms with van der Waals surface area (Å²) in [4.78, 5) is 11.7. The molecular weight excluding hydrogens is 284 g/mol. The Morgan fingerprint density at radius 1 is 1.29 bits per heavy atom. The van der Waals surface area contributed by atoms with Gasteiger partial charge in [-0.25, -0.2) is 0 Å². The highest BCUT2D eigenvalue weighted by Gasteiger charge is 2.14. The Kier molecular flexibility index (Phi) is 5.38. The number of amides is 1. The van der Waals surface area contributed by atoms with Crippen molar-refractivity contribution in [1.29, 1.82) is 0 Å². The van der Waals surface area contributed by atoms with Gasteiger partial charge in [-0.15, -0.1) is 10.2 Å². The lowest BCUT2D eigenvalue weighted by Crippen LogP contribution is -2.31. The van der Waals surface area contributed by atoms with Gasteiger partial charge in [0.15, 0.2) is 11.0 Å². The number of carbonyl (C=O) groups is 1. The predicted octanol–water partition coefficient (Wildman–Crippen LogP) is 2.58. The number of nitrogens with one attached hydrogen (secondary N) is 1. The molecule has 1 amide bonds. The van der Waals surface area contributed by atoms with Crippen LogP contribution < -0.4 is 5.32 Å². The quantitative estimate of drug-likeness (QED) is 0.833. The molecule has 1 heterocycles. The number of thioether (sulfide) groups is 1. The second-order valence-electron chi connectivity index (χ2n) is 4.93. The van der Waals surface area contributed by atoms with Gasteiger partial charge in [0, 0.05) is 18.2 Å². The Hall–Kier alpha value is -1.82. The summed E-state index contributed by atoms with van der Waals surface area (Å²) >= 11 is 1.41. The smallest absolute Gasteiger partial charge is 0.230 e. The molecule has 0 unspecified atom stereocenters. The Bertz CT molecular complexity index is 595. The number of nitrogens with zero attached hydrogens (tertiary/aromatic N) is 3. The summed E-state index contributed by atoms with van der Waals surface area (Å²) < 4.78 is 2.03. The van der Waals surface area contributed by atoms with Gasteiger partial charge >= 0.3 is 0 Å². The van der Waals surface area contributed by atoms with Crippen LogP contribution >= 0.6 is 11.8 Å². The van der Waals surface area contributed by atoms with Crippen LogP contribution in [0.3, 0.4) is 0 Å². The van der Waals surface area contributed by atoms with E-state index in [9.17, 15) is 4.79 Å². The lowest BCUT2D eigenvalue weighted by Gasteiger charge is -2.09. The van der Waals surface area contributed by atoms with Crippen LogP contribution in [0.4, 0.5) is 0 Å². The highest BCUT2D eigenvalue weighted by molar-refractivity contribution is 7.99. The molecule has 0 fully saturated rings. The number of rotatable bonds is 6. The predicted molar refractivity (Wildman–Crippen MR) is 85.1 cm³/mol. The largest absolute Gasteiger partial charge is 0.353 e. The number of benzene rings is 1. The zero-order chi connectivity index (χ0) is 15.2. The van der Waals surface area contributed by atoms with Crippen LogP contribution in [0.1, 0.15) is 20.8 Å². The maximum Gasteiger partial charge on any atom is 0.230 e. The van der Waals surface area contributed by atoms with Gasteiger partial charge in [-0.2, -0.15) is 0 Å². The van der Waals surface area contributed by atoms with Crippen molar-refractivity contribution in [3.05, 3.63) is 30.3 Å². The van der Waals surface area contributed by atoms with Gasteiger partial charge in [-0.1, -0.05) is 42.1 Å². The van der Waals surface area contributed by atoms with E-state index in [1.165, 1.54) is 11.8 Å². The number of hydrogen-bond donors (Lipinski definition) is 1. The molecular formula is C15H20N4OS. The van der Waals surface area contributed by atoms with E-state index in [0.29, 0.717) is 5.75 Å². The third kappa shape index (κ3) is 4.07. The van der Waals surface area contributed by atoms with Gasteiger partial charge < -0.3 is 9.88 Å². The molecule has 1 aromatic heterocycles. The van der Waals surface area contributed by atoms with Gasteiger partial charge in [0.25, 0.3) is 0 Å². The molecule has 0 spiro atoms. The standard InChI is InChI=1S/C15H20N4OS/c1-4-19-14(12-8-6-5-7-9-12)17-18-15(19)21-10-13(20)16-11(2)3/h5-9,11H,4,10H2,1-3H3,(H,16,20). The van der Waals surface area contributed by atoms with E-state index in [0.717, 1.165) is 23.1 Å². The summed E-state index contributed by atoms with van der Waals surface area (Å²) in [6.07, 6.45) is 0.